The van der Waals surface area contributed by atoms with E-state index in [0.29, 0.717) is 12.1 Å². The van der Waals surface area contributed by atoms with E-state index in [9.17, 15) is 4.79 Å². The summed E-state index contributed by atoms with van der Waals surface area (Å²) in [5, 5.41) is 8.76. The zero-order valence-electron chi connectivity index (χ0n) is 8.49. The summed E-state index contributed by atoms with van der Waals surface area (Å²) in [7, 11) is 0. The number of carbonyl (C=O) groups is 1. The van der Waals surface area contributed by atoms with Gasteiger partial charge < -0.3 is 5.11 Å². The van der Waals surface area contributed by atoms with E-state index in [0.717, 1.165) is 12.8 Å². The second kappa shape index (κ2) is 4.61. The number of carboxylic acids is 1. The van der Waals surface area contributed by atoms with Crippen LogP contribution in [0.5, 0.6) is 0 Å². The van der Waals surface area contributed by atoms with Gasteiger partial charge in [-0.3, -0.25) is 9.69 Å². The van der Waals surface area contributed by atoms with E-state index in [2.05, 4.69) is 18.7 Å². The number of nitrogens with zero attached hydrogens (tertiary/aromatic N) is 1. The quantitative estimate of drug-likeness (QED) is 0.685. The van der Waals surface area contributed by atoms with Crippen molar-refractivity contribution in [2.75, 3.05) is 6.54 Å². The van der Waals surface area contributed by atoms with Gasteiger partial charge in [-0.05, 0) is 25.7 Å². The maximum Gasteiger partial charge on any atom is 0.317 e. The second-order valence-electron chi connectivity index (χ2n) is 3.77. The Morgan fingerprint density at radius 3 is 2.31 bits per heavy atom. The van der Waals surface area contributed by atoms with E-state index < -0.39 is 5.97 Å². The van der Waals surface area contributed by atoms with Gasteiger partial charge in [0.05, 0.1) is 6.54 Å². The highest BCUT2D eigenvalue weighted by atomic mass is 16.4. The number of carboxylic acid groups (broad SMARTS) is 1. The Morgan fingerprint density at radius 2 is 2.00 bits per heavy atom. The molecule has 76 valence electrons. The average Bonchev–Trinajstić information content (AvgIpc) is 2.86. The third kappa shape index (κ3) is 2.99. The lowest BCUT2D eigenvalue weighted by molar-refractivity contribution is -0.139. The number of hydrogen-bond acceptors (Lipinski definition) is 2. The molecule has 0 aromatic carbocycles. The minimum Gasteiger partial charge on any atom is -0.480 e. The van der Waals surface area contributed by atoms with Gasteiger partial charge in [0.15, 0.2) is 0 Å². The molecule has 0 unspecified atom stereocenters. The monoisotopic (exact) mass is 185 g/mol. The third-order valence-corrected chi connectivity index (χ3v) is 2.75. The Morgan fingerprint density at radius 1 is 1.46 bits per heavy atom. The van der Waals surface area contributed by atoms with Crippen LogP contribution in [0.3, 0.4) is 0 Å². The molecule has 1 saturated carbocycles. The molecule has 1 aliphatic carbocycles. The molecule has 0 saturated heterocycles. The van der Waals surface area contributed by atoms with Gasteiger partial charge in [-0.15, -0.1) is 0 Å². The van der Waals surface area contributed by atoms with Gasteiger partial charge in [-0.1, -0.05) is 13.8 Å². The summed E-state index contributed by atoms with van der Waals surface area (Å²) in [5.41, 5.74) is 0. The first-order chi connectivity index (χ1) is 6.19. The lowest BCUT2D eigenvalue weighted by Gasteiger charge is -2.28. The van der Waals surface area contributed by atoms with Crippen LogP contribution in [0, 0.1) is 0 Å². The molecule has 0 heterocycles. The molecule has 0 spiro atoms. The zero-order chi connectivity index (χ0) is 9.84. The van der Waals surface area contributed by atoms with Crippen LogP contribution in [0.2, 0.25) is 0 Å². The van der Waals surface area contributed by atoms with Crippen molar-refractivity contribution in [3.8, 4) is 0 Å². The lowest BCUT2D eigenvalue weighted by Crippen LogP contribution is -2.40. The van der Waals surface area contributed by atoms with Gasteiger partial charge >= 0.3 is 5.97 Å². The van der Waals surface area contributed by atoms with Crippen molar-refractivity contribution < 1.29 is 9.90 Å². The van der Waals surface area contributed by atoms with E-state index in [1.54, 1.807) is 0 Å². The topological polar surface area (TPSA) is 40.5 Å². The minimum absolute atomic E-state index is 0.219. The maximum absolute atomic E-state index is 10.6. The molecule has 3 nitrogen and oxygen atoms in total. The Bertz CT molecular complexity index is 174. The Balaban J connectivity index is 2.49. The summed E-state index contributed by atoms with van der Waals surface area (Å²) < 4.78 is 0. The fourth-order valence-electron chi connectivity index (χ4n) is 1.88. The molecule has 1 aliphatic rings. The molecule has 0 aliphatic heterocycles. The normalized spacial score (nSPS) is 16.9. The molecule has 0 amide bonds. The number of hydrogen-bond donors (Lipinski definition) is 1. The largest absolute Gasteiger partial charge is 0.480 e. The fraction of sp³-hybridized carbons (Fsp3) is 0.900. The predicted octanol–water partition coefficient (Wildman–Crippen LogP) is 1.72. The standard InChI is InChI=1S/C10H19NO2/c1-3-8(4-2)11(7-10(12)13)9-5-6-9/h8-9H,3-7H2,1-2H3,(H,12,13). The molecule has 1 rings (SSSR count). The van der Waals surface area contributed by atoms with Crippen LogP contribution in [0.4, 0.5) is 0 Å². The molecule has 1 fully saturated rings. The minimum atomic E-state index is -0.696. The highest BCUT2D eigenvalue weighted by Crippen LogP contribution is 2.29. The highest BCUT2D eigenvalue weighted by Gasteiger charge is 2.33. The van der Waals surface area contributed by atoms with E-state index in [1.807, 2.05) is 0 Å². The summed E-state index contributed by atoms with van der Waals surface area (Å²) >= 11 is 0. The first-order valence-corrected chi connectivity index (χ1v) is 5.16. The summed E-state index contributed by atoms with van der Waals surface area (Å²) in [6.45, 7) is 4.48. The molecular weight excluding hydrogens is 166 g/mol. The van der Waals surface area contributed by atoms with E-state index in [-0.39, 0.29) is 6.54 Å². The van der Waals surface area contributed by atoms with Gasteiger partial charge in [0.25, 0.3) is 0 Å². The lowest BCUT2D eigenvalue weighted by atomic mass is 10.1. The molecule has 0 atom stereocenters. The smallest absolute Gasteiger partial charge is 0.317 e. The van der Waals surface area contributed by atoms with E-state index >= 15 is 0 Å². The van der Waals surface area contributed by atoms with Crippen LogP contribution in [0.25, 0.3) is 0 Å². The first kappa shape index (κ1) is 10.5. The van der Waals surface area contributed by atoms with Crippen molar-refractivity contribution in [2.45, 2.75) is 51.6 Å². The SMILES string of the molecule is CCC(CC)N(CC(=O)O)C1CC1. The van der Waals surface area contributed by atoms with Crippen molar-refractivity contribution in [1.82, 2.24) is 4.90 Å². The van der Waals surface area contributed by atoms with Gasteiger partial charge in [0, 0.05) is 12.1 Å². The molecule has 13 heavy (non-hydrogen) atoms. The third-order valence-electron chi connectivity index (χ3n) is 2.75. The maximum atomic E-state index is 10.6. The molecule has 0 aromatic rings. The van der Waals surface area contributed by atoms with E-state index in [1.165, 1.54) is 12.8 Å². The predicted molar refractivity (Wildman–Crippen MR) is 51.7 cm³/mol. The van der Waals surface area contributed by atoms with Gasteiger partial charge in [0.1, 0.15) is 0 Å². The van der Waals surface area contributed by atoms with Crippen LogP contribution < -0.4 is 0 Å². The molecule has 1 N–H and O–H groups in total. The fourth-order valence-corrected chi connectivity index (χ4v) is 1.88. The second-order valence-corrected chi connectivity index (χ2v) is 3.77. The summed E-state index contributed by atoms with van der Waals surface area (Å²) in [6.07, 6.45) is 4.48. The van der Waals surface area contributed by atoms with Crippen molar-refractivity contribution in [3.63, 3.8) is 0 Å². The Kier molecular flexibility index (Phi) is 3.72. The average molecular weight is 185 g/mol. The summed E-state index contributed by atoms with van der Waals surface area (Å²) in [4.78, 5) is 12.8. The molecule has 0 bridgehead atoms. The molecule has 0 radical (unpaired) electrons. The molecule has 0 aromatic heterocycles. The molecule has 3 heteroatoms. The van der Waals surface area contributed by atoms with Crippen LogP contribution in [0.1, 0.15) is 39.5 Å². The van der Waals surface area contributed by atoms with Crippen molar-refractivity contribution in [3.05, 3.63) is 0 Å². The van der Waals surface area contributed by atoms with Gasteiger partial charge in [-0.25, -0.2) is 0 Å². The van der Waals surface area contributed by atoms with Crippen LogP contribution in [-0.4, -0.2) is 34.6 Å². The van der Waals surface area contributed by atoms with Crippen LogP contribution >= 0.6 is 0 Å². The summed E-state index contributed by atoms with van der Waals surface area (Å²) in [6, 6.07) is 1.02. The van der Waals surface area contributed by atoms with Crippen molar-refractivity contribution in [1.29, 1.82) is 0 Å². The van der Waals surface area contributed by atoms with Crippen LogP contribution in [0.15, 0.2) is 0 Å². The van der Waals surface area contributed by atoms with Crippen molar-refractivity contribution >= 4 is 5.97 Å². The van der Waals surface area contributed by atoms with Gasteiger partial charge in [0.2, 0.25) is 0 Å². The van der Waals surface area contributed by atoms with Crippen LogP contribution in [-0.2, 0) is 4.79 Å². The first-order valence-electron chi connectivity index (χ1n) is 5.16. The summed E-state index contributed by atoms with van der Waals surface area (Å²) in [5.74, 6) is -0.696. The highest BCUT2D eigenvalue weighted by molar-refractivity contribution is 5.69. The Hall–Kier alpha value is -0.570. The number of rotatable bonds is 6. The van der Waals surface area contributed by atoms with Gasteiger partial charge in [-0.2, -0.15) is 0 Å². The number of aliphatic carboxylic acids is 1. The van der Waals surface area contributed by atoms with E-state index in [4.69, 9.17) is 5.11 Å². The van der Waals surface area contributed by atoms with Crippen molar-refractivity contribution in [2.24, 2.45) is 0 Å². The zero-order valence-corrected chi connectivity index (χ0v) is 8.49. The Labute approximate surface area is 79.7 Å². The molecular formula is C10H19NO2.